The molecule has 158 valence electrons. The molecule has 0 aromatic carbocycles. The van der Waals surface area contributed by atoms with Crippen LogP contribution in [0.5, 0.6) is 0 Å². The van der Waals surface area contributed by atoms with Crippen LogP contribution in [0, 0.1) is 0 Å². The van der Waals surface area contributed by atoms with E-state index in [-0.39, 0.29) is 12.6 Å². The van der Waals surface area contributed by atoms with E-state index in [0.717, 1.165) is 48.6 Å². The second-order valence-corrected chi connectivity index (χ2v) is 7.37. The largest absolute Gasteiger partial charge is 0.465 e. The summed E-state index contributed by atoms with van der Waals surface area (Å²) in [5.41, 5.74) is 2.85. The number of nitrogens with zero attached hydrogens (tertiary/aromatic N) is 5. The van der Waals surface area contributed by atoms with Crippen molar-refractivity contribution in [3.05, 3.63) is 35.8 Å². The van der Waals surface area contributed by atoms with E-state index in [4.69, 9.17) is 14.7 Å². The molecule has 1 N–H and O–H groups in total. The van der Waals surface area contributed by atoms with Gasteiger partial charge in [-0.2, -0.15) is 0 Å². The molecule has 2 aliphatic heterocycles. The molecule has 9 heteroatoms. The number of carbonyl (C=O) groups excluding carboxylic acids is 2. The summed E-state index contributed by atoms with van der Waals surface area (Å²) in [5, 5.41) is 2.64. The Morgan fingerprint density at radius 1 is 1.20 bits per heavy atom. The van der Waals surface area contributed by atoms with E-state index in [1.54, 1.807) is 24.2 Å². The maximum absolute atomic E-state index is 12.6. The van der Waals surface area contributed by atoms with E-state index >= 15 is 0 Å². The van der Waals surface area contributed by atoms with Gasteiger partial charge in [-0.05, 0) is 31.9 Å². The van der Waals surface area contributed by atoms with Crippen molar-refractivity contribution in [1.29, 1.82) is 0 Å². The third-order valence-electron chi connectivity index (χ3n) is 5.34. The minimum atomic E-state index is -0.439. The molecule has 2 amide bonds. The van der Waals surface area contributed by atoms with Gasteiger partial charge >= 0.3 is 12.0 Å². The molecule has 1 saturated heterocycles. The summed E-state index contributed by atoms with van der Waals surface area (Å²) in [5.74, 6) is 1.13. The number of amides is 2. The molecule has 0 unspecified atom stereocenters. The highest BCUT2D eigenvalue weighted by atomic mass is 16.5. The molecule has 30 heavy (non-hydrogen) atoms. The molecule has 0 aliphatic carbocycles. The molecule has 4 heterocycles. The molecule has 4 rings (SSSR count). The number of rotatable bonds is 5. The third-order valence-corrected chi connectivity index (χ3v) is 5.34. The van der Waals surface area contributed by atoms with Gasteiger partial charge in [0, 0.05) is 49.6 Å². The van der Waals surface area contributed by atoms with Crippen LogP contribution in [0.15, 0.2) is 24.5 Å². The summed E-state index contributed by atoms with van der Waals surface area (Å²) < 4.78 is 4.87. The van der Waals surface area contributed by atoms with Gasteiger partial charge in [-0.25, -0.2) is 14.8 Å². The lowest BCUT2D eigenvalue weighted by Crippen LogP contribution is -2.45. The van der Waals surface area contributed by atoms with Crippen LogP contribution in [0.4, 0.5) is 10.6 Å². The average molecular weight is 410 g/mol. The predicted octanol–water partition coefficient (Wildman–Crippen LogP) is 1.77. The first kappa shape index (κ1) is 20.1. The highest BCUT2D eigenvalue weighted by Gasteiger charge is 2.29. The van der Waals surface area contributed by atoms with E-state index in [1.807, 2.05) is 12.1 Å². The van der Waals surface area contributed by atoms with Crippen LogP contribution in [0.1, 0.15) is 31.0 Å². The molecule has 0 atom stereocenters. The molecule has 0 saturated carbocycles. The summed E-state index contributed by atoms with van der Waals surface area (Å²) in [6.45, 7) is 4.75. The monoisotopic (exact) mass is 410 g/mol. The lowest BCUT2D eigenvalue weighted by atomic mass is 10.1. The Hall–Kier alpha value is -3.23. The van der Waals surface area contributed by atoms with Crippen molar-refractivity contribution in [3.63, 3.8) is 0 Å². The second-order valence-electron chi connectivity index (χ2n) is 7.37. The SMILES string of the molecule is CCOC(=O)CNC(=O)N1CCc2nc(-c3cccnc3)nc(N3CCCC3)c2C1. The molecule has 2 aliphatic rings. The Labute approximate surface area is 175 Å². The standard InChI is InChI=1S/C21H26N6O3/c1-2-30-18(28)13-23-21(29)27-11-7-17-16(14-27)20(26-9-3-4-10-26)25-19(24-17)15-6-5-8-22-12-15/h5-6,8,12H,2-4,7,9-11,13-14H2,1H3,(H,23,29). The minimum absolute atomic E-state index is 0.133. The Kier molecular flexibility index (Phi) is 6.06. The fourth-order valence-electron chi connectivity index (χ4n) is 3.86. The zero-order valence-corrected chi connectivity index (χ0v) is 17.1. The maximum Gasteiger partial charge on any atom is 0.325 e. The molecule has 1 fully saturated rings. The van der Waals surface area contributed by atoms with Crippen molar-refractivity contribution in [2.45, 2.75) is 32.7 Å². The number of aromatic nitrogens is 3. The molecule has 2 aromatic heterocycles. The molecule has 0 spiro atoms. The first-order valence-corrected chi connectivity index (χ1v) is 10.4. The summed E-state index contributed by atoms with van der Waals surface area (Å²) in [6, 6.07) is 3.56. The molecule has 2 aromatic rings. The zero-order chi connectivity index (χ0) is 20.9. The van der Waals surface area contributed by atoms with E-state index in [0.29, 0.717) is 31.9 Å². The van der Waals surface area contributed by atoms with Gasteiger partial charge in [0.15, 0.2) is 5.82 Å². The molecule has 0 radical (unpaired) electrons. The first-order valence-electron chi connectivity index (χ1n) is 10.4. The average Bonchev–Trinajstić information content (AvgIpc) is 3.32. The Bertz CT molecular complexity index is 914. The number of hydrogen-bond donors (Lipinski definition) is 1. The van der Waals surface area contributed by atoms with Gasteiger partial charge in [0.05, 0.1) is 18.8 Å². The summed E-state index contributed by atoms with van der Waals surface area (Å²) >= 11 is 0. The number of nitrogens with one attached hydrogen (secondary N) is 1. The van der Waals surface area contributed by atoms with Gasteiger partial charge in [-0.1, -0.05) is 0 Å². The predicted molar refractivity (Wildman–Crippen MR) is 111 cm³/mol. The van der Waals surface area contributed by atoms with Gasteiger partial charge in [0.25, 0.3) is 0 Å². The van der Waals surface area contributed by atoms with Gasteiger partial charge in [-0.3, -0.25) is 9.78 Å². The molecule has 9 nitrogen and oxygen atoms in total. The zero-order valence-electron chi connectivity index (χ0n) is 17.1. The van der Waals surface area contributed by atoms with Crippen molar-refractivity contribution >= 4 is 17.8 Å². The van der Waals surface area contributed by atoms with Gasteiger partial charge < -0.3 is 19.9 Å². The van der Waals surface area contributed by atoms with Crippen molar-refractivity contribution < 1.29 is 14.3 Å². The van der Waals surface area contributed by atoms with Crippen molar-refractivity contribution in [3.8, 4) is 11.4 Å². The first-order chi connectivity index (χ1) is 14.7. The van der Waals surface area contributed by atoms with E-state index in [1.165, 1.54) is 0 Å². The number of carbonyl (C=O) groups is 2. The Morgan fingerprint density at radius 2 is 2.03 bits per heavy atom. The van der Waals surface area contributed by atoms with Crippen LogP contribution in [-0.2, 0) is 22.5 Å². The van der Waals surface area contributed by atoms with Crippen LogP contribution >= 0.6 is 0 Å². The lowest BCUT2D eigenvalue weighted by Gasteiger charge is -2.31. The maximum atomic E-state index is 12.6. The van der Waals surface area contributed by atoms with E-state index in [2.05, 4.69) is 15.2 Å². The number of esters is 1. The highest BCUT2D eigenvalue weighted by Crippen LogP contribution is 2.31. The molecular weight excluding hydrogens is 384 g/mol. The number of pyridine rings is 1. The summed E-state index contributed by atoms with van der Waals surface area (Å²) in [6.07, 6.45) is 6.40. The molecule has 0 bridgehead atoms. The number of ether oxygens (including phenoxy) is 1. The van der Waals surface area contributed by atoms with Crippen molar-refractivity contribution in [1.82, 2.24) is 25.2 Å². The van der Waals surface area contributed by atoms with Crippen LogP contribution in [0.2, 0.25) is 0 Å². The Morgan fingerprint density at radius 3 is 2.77 bits per heavy atom. The van der Waals surface area contributed by atoms with Gasteiger partial charge in [0.2, 0.25) is 0 Å². The van der Waals surface area contributed by atoms with Gasteiger partial charge in [-0.15, -0.1) is 0 Å². The summed E-state index contributed by atoms with van der Waals surface area (Å²) in [7, 11) is 0. The lowest BCUT2D eigenvalue weighted by molar-refractivity contribution is -0.141. The van der Waals surface area contributed by atoms with Crippen LogP contribution in [-0.4, -0.2) is 64.6 Å². The second kappa shape index (κ2) is 9.06. The van der Waals surface area contributed by atoms with Crippen LogP contribution in [0.25, 0.3) is 11.4 Å². The third kappa shape index (κ3) is 4.34. The number of hydrogen-bond acceptors (Lipinski definition) is 7. The topological polar surface area (TPSA) is 101 Å². The van der Waals surface area contributed by atoms with E-state index in [9.17, 15) is 9.59 Å². The molecular formula is C21H26N6O3. The highest BCUT2D eigenvalue weighted by molar-refractivity contribution is 5.81. The van der Waals surface area contributed by atoms with Crippen molar-refractivity contribution in [2.24, 2.45) is 0 Å². The fraction of sp³-hybridized carbons (Fsp3) is 0.476. The van der Waals surface area contributed by atoms with E-state index < -0.39 is 5.97 Å². The van der Waals surface area contributed by atoms with Crippen molar-refractivity contribution in [2.75, 3.05) is 37.7 Å². The van der Waals surface area contributed by atoms with Gasteiger partial charge in [0.1, 0.15) is 12.4 Å². The summed E-state index contributed by atoms with van der Waals surface area (Å²) in [4.78, 5) is 42.0. The number of urea groups is 1. The normalized spacial score (nSPS) is 15.6. The quantitative estimate of drug-likeness (QED) is 0.750. The smallest absolute Gasteiger partial charge is 0.325 e. The minimum Gasteiger partial charge on any atom is -0.465 e. The Balaban J connectivity index is 1.58. The number of fused-ring (bicyclic) bond motifs is 1. The number of anilines is 1. The van der Waals surface area contributed by atoms with Crippen LogP contribution in [0.3, 0.4) is 0 Å². The fourth-order valence-corrected chi connectivity index (χ4v) is 3.86. The van der Waals surface area contributed by atoms with Crippen LogP contribution < -0.4 is 10.2 Å².